The largest absolute Gasteiger partial charge is 0.368 e. The molecule has 1 aliphatic heterocycles. The number of fused-ring (bicyclic) bond motifs is 1. The molecule has 0 amide bonds. The monoisotopic (exact) mass is 336 g/mol. The summed E-state index contributed by atoms with van der Waals surface area (Å²) in [5, 5.41) is 4.36. The molecule has 1 aromatic carbocycles. The lowest BCUT2D eigenvalue weighted by atomic mass is 10.1. The molecule has 4 rings (SSSR count). The molecule has 0 bridgehead atoms. The normalized spacial score (nSPS) is 15.2. The molecule has 1 fully saturated rings. The zero-order chi connectivity index (χ0) is 17.4. The quantitative estimate of drug-likeness (QED) is 0.736. The Bertz CT molecular complexity index is 892. The van der Waals surface area contributed by atoms with Crippen LogP contribution in [0.2, 0.25) is 0 Å². The van der Waals surface area contributed by atoms with Crippen LogP contribution in [0, 0.1) is 13.8 Å². The van der Waals surface area contributed by atoms with Crippen molar-refractivity contribution in [2.75, 3.05) is 36.0 Å². The molecule has 3 heterocycles. The first-order valence-corrected chi connectivity index (χ1v) is 8.92. The second kappa shape index (κ2) is 6.35. The van der Waals surface area contributed by atoms with Gasteiger partial charge >= 0.3 is 0 Å². The Hall–Kier alpha value is -2.63. The number of piperazine rings is 1. The van der Waals surface area contributed by atoms with E-state index in [-0.39, 0.29) is 0 Å². The highest BCUT2D eigenvalue weighted by atomic mass is 15.4. The minimum atomic E-state index is 0.686. The van der Waals surface area contributed by atoms with E-state index in [4.69, 9.17) is 0 Å². The zero-order valence-electron chi connectivity index (χ0n) is 15.1. The van der Waals surface area contributed by atoms with E-state index in [0.29, 0.717) is 5.78 Å². The van der Waals surface area contributed by atoms with E-state index in [1.807, 2.05) is 4.52 Å². The third kappa shape index (κ3) is 2.92. The van der Waals surface area contributed by atoms with Gasteiger partial charge in [0.15, 0.2) is 0 Å². The van der Waals surface area contributed by atoms with Gasteiger partial charge in [-0.1, -0.05) is 19.1 Å². The van der Waals surface area contributed by atoms with Crippen LogP contribution in [0.1, 0.15) is 23.7 Å². The summed E-state index contributed by atoms with van der Waals surface area (Å²) >= 11 is 0. The van der Waals surface area contributed by atoms with Gasteiger partial charge in [0.2, 0.25) is 0 Å². The summed E-state index contributed by atoms with van der Waals surface area (Å²) in [5.74, 6) is 1.78. The number of rotatable bonds is 3. The number of anilines is 2. The first-order valence-electron chi connectivity index (χ1n) is 8.92. The van der Waals surface area contributed by atoms with Crippen LogP contribution in [0.4, 0.5) is 11.5 Å². The van der Waals surface area contributed by atoms with Gasteiger partial charge in [-0.3, -0.25) is 0 Å². The van der Waals surface area contributed by atoms with Crippen molar-refractivity contribution >= 4 is 17.3 Å². The lowest BCUT2D eigenvalue weighted by Gasteiger charge is -2.38. The predicted molar refractivity (Wildman–Crippen MR) is 101 cm³/mol. The Balaban J connectivity index is 1.58. The average Bonchev–Trinajstić information content (AvgIpc) is 3.11. The molecule has 0 spiro atoms. The van der Waals surface area contributed by atoms with Crippen molar-refractivity contribution in [3.8, 4) is 0 Å². The molecular formula is C19H24N6. The molecule has 130 valence electrons. The maximum Gasteiger partial charge on any atom is 0.254 e. The van der Waals surface area contributed by atoms with E-state index in [1.165, 1.54) is 16.8 Å². The van der Waals surface area contributed by atoms with Crippen LogP contribution in [0.25, 0.3) is 5.78 Å². The Labute approximate surface area is 148 Å². The van der Waals surface area contributed by atoms with E-state index in [1.54, 1.807) is 6.33 Å². The summed E-state index contributed by atoms with van der Waals surface area (Å²) < 4.78 is 1.85. The van der Waals surface area contributed by atoms with E-state index in [0.717, 1.165) is 44.1 Å². The average molecular weight is 336 g/mol. The van der Waals surface area contributed by atoms with Gasteiger partial charge < -0.3 is 9.80 Å². The van der Waals surface area contributed by atoms with Crippen molar-refractivity contribution in [2.45, 2.75) is 27.2 Å². The standard InChI is InChI=1S/C19H24N6/c1-4-16-12-18(25-19(22-16)20-13-21-25)24-9-7-23(8-10-24)17-11-14(2)5-6-15(17)3/h5-6,11-13H,4,7-10H2,1-3H3. The van der Waals surface area contributed by atoms with Crippen LogP contribution >= 0.6 is 0 Å². The highest BCUT2D eigenvalue weighted by Gasteiger charge is 2.21. The van der Waals surface area contributed by atoms with Crippen LogP contribution in [-0.4, -0.2) is 45.8 Å². The lowest BCUT2D eigenvalue weighted by Crippen LogP contribution is -2.47. The van der Waals surface area contributed by atoms with Crippen LogP contribution < -0.4 is 9.80 Å². The van der Waals surface area contributed by atoms with Crippen molar-refractivity contribution in [3.05, 3.63) is 47.4 Å². The van der Waals surface area contributed by atoms with Crippen molar-refractivity contribution < 1.29 is 0 Å². The molecule has 1 aliphatic rings. The van der Waals surface area contributed by atoms with Crippen molar-refractivity contribution in [2.24, 2.45) is 0 Å². The maximum atomic E-state index is 4.55. The van der Waals surface area contributed by atoms with Gasteiger partial charge in [-0.05, 0) is 37.5 Å². The van der Waals surface area contributed by atoms with E-state index < -0.39 is 0 Å². The minimum absolute atomic E-state index is 0.686. The third-order valence-electron chi connectivity index (χ3n) is 4.96. The summed E-state index contributed by atoms with van der Waals surface area (Å²) in [6.45, 7) is 10.4. The Kier molecular flexibility index (Phi) is 4.03. The smallest absolute Gasteiger partial charge is 0.254 e. The first-order chi connectivity index (χ1) is 12.2. The third-order valence-corrected chi connectivity index (χ3v) is 4.96. The predicted octanol–water partition coefficient (Wildman–Crippen LogP) is 2.63. The molecule has 25 heavy (non-hydrogen) atoms. The Morgan fingerprint density at radius 1 is 1.00 bits per heavy atom. The first kappa shape index (κ1) is 15.9. The number of aryl methyl sites for hydroxylation is 3. The van der Waals surface area contributed by atoms with Gasteiger partial charge in [0.25, 0.3) is 5.78 Å². The summed E-state index contributed by atoms with van der Waals surface area (Å²) in [6.07, 6.45) is 2.48. The molecule has 0 aliphatic carbocycles. The fraction of sp³-hybridized carbons (Fsp3) is 0.421. The maximum absolute atomic E-state index is 4.55. The fourth-order valence-corrected chi connectivity index (χ4v) is 3.49. The van der Waals surface area contributed by atoms with E-state index in [9.17, 15) is 0 Å². The molecule has 0 radical (unpaired) electrons. The molecule has 0 N–H and O–H groups in total. The molecule has 6 nitrogen and oxygen atoms in total. The summed E-state index contributed by atoms with van der Waals surface area (Å²) in [7, 11) is 0. The topological polar surface area (TPSA) is 49.6 Å². The molecule has 2 aromatic heterocycles. The molecule has 1 saturated heterocycles. The number of nitrogens with zero attached hydrogens (tertiary/aromatic N) is 6. The SMILES string of the molecule is CCc1cc(N2CCN(c3cc(C)ccc3C)CC2)n2ncnc2n1. The van der Waals surface area contributed by atoms with Crippen LogP contribution in [-0.2, 0) is 6.42 Å². The molecule has 3 aromatic rings. The lowest BCUT2D eigenvalue weighted by molar-refractivity contribution is 0.637. The number of hydrogen-bond donors (Lipinski definition) is 0. The molecular weight excluding hydrogens is 312 g/mol. The number of hydrogen-bond acceptors (Lipinski definition) is 5. The van der Waals surface area contributed by atoms with Gasteiger partial charge in [0, 0.05) is 43.6 Å². The molecule has 6 heteroatoms. The van der Waals surface area contributed by atoms with Crippen LogP contribution in [0.3, 0.4) is 0 Å². The fourth-order valence-electron chi connectivity index (χ4n) is 3.49. The van der Waals surface area contributed by atoms with Gasteiger partial charge in [-0.25, -0.2) is 4.98 Å². The minimum Gasteiger partial charge on any atom is -0.368 e. The van der Waals surface area contributed by atoms with Crippen LogP contribution in [0.5, 0.6) is 0 Å². The van der Waals surface area contributed by atoms with Crippen molar-refractivity contribution in [1.82, 2.24) is 19.6 Å². The second-order valence-electron chi connectivity index (χ2n) is 6.70. The molecule has 0 atom stereocenters. The molecule has 0 unspecified atom stereocenters. The Morgan fingerprint density at radius 3 is 2.52 bits per heavy atom. The summed E-state index contributed by atoms with van der Waals surface area (Å²) in [6, 6.07) is 8.84. The van der Waals surface area contributed by atoms with Gasteiger partial charge in [0.05, 0.1) is 0 Å². The van der Waals surface area contributed by atoms with E-state index in [2.05, 4.69) is 69.9 Å². The van der Waals surface area contributed by atoms with Crippen molar-refractivity contribution in [3.63, 3.8) is 0 Å². The number of benzene rings is 1. The van der Waals surface area contributed by atoms with Gasteiger partial charge in [0.1, 0.15) is 12.1 Å². The number of aromatic nitrogens is 4. The zero-order valence-corrected chi connectivity index (χ0v) is 15.1. The van der Waals surface area contributed by atoms with E-state index >= 15 is 0 Å². The summed E-state index contributed by atoms with van der Waals surface area (Å²) in [4.78, 5) is 13.7. The van der Waals surface area contributed by atoms with Gasteiger partial charge in [-0.2, -0.15) is 14.6 Å². The van der Waals surface area contributed by atoms with Crippen LogP contribution in [0.15, 0.2) is 30.6 Å². The van der Waals surface area contributed by atoms with Crippen molar-refractivity contribution in [1.29, 1.82) is 0 Å². The highest BCUT2D eigenvalue weighted by molar-refractivity contribution is 5.57. The van der Waals surface area contributed by atoms with Gasteiger partial charge in [-0.15, -0.1) is 0 Å². The Morgan fingerprint density at radius 2 is 1.76 bits per heavy atom. The highest BCUT2D eigenvalue weighted by Crippen LogP contribution is 2.25. The summed E-state index contributed by atoms with van der Waals surface area (Å²) in [5.41, 5.74) is 5.07. The second-order valence-corrected chi connectivity index (χ2v) is 6.70. The molecule has 0 saturated carbocycles.